The summed E-state index contributed by atoms with van der Waals surface area (Å²) < 4.78 is 9.25. The lowest BCUT2D eigenvalue weighted by Crippen LogP contribution is -2.77. The van der Waals surface area contributed by atoms with Crippen LogP contribution in [-0.4, -0.2) is 8.07 Å². The minimum atomic E-state index is -2.78. The average Bonchev–Trinajstić information content (AvgIpc) is 3.52. The average molecular weight is 654 g/mol. The van der Waals surface area contributed by atoms with Crippen molar-refractivity contribution in [1.82, 2.24) is 0 Å². The molecule has 1 aromatic heterocycles. The lowest BCUT2D eigenvalue weighted by molar-refractivity contribution is 0.487. The van der Waals surface area contributed by atoms with E-state index in [0.29, 0.717) is 0 Å². The monoisotopic (exact) mass is 653 g/mol. The van der Waals surface area contributed by atoms with Crippen LogP contribution in [0.5, 0.6) is 11.5 Å². The number of fused-ring (bicyclic) bond motifs is 11. The first kappa shape index (κ1) is 27.1. The second kappa shape index (κ2) is 10.5. The summed E-state index contributed by atoms with van der Waals surface area (Å²) in [5.74, 6) is 1.93. The third-order valence-electron chi connectivity index (χ3n) is 9.58. The van der Waals surface area contributed by atoms with Gasteiger partial charge < -0.3 is 9.64 Å². The molecule has 2 aliphatic rings. The first-order chi connectivity index (χ1) is 23.3. The van der Waals surface area contributed by atoms with E-state index < -0.39 is 8.07 Å². The minimum Gasteiger partial charge on any atom is -0.458 e. The predicted octanol–water partition coefficient (Wildman–Crippen LogP) is 9.47. The topological polar surface area (TPSA) is 12.5 Å². The number of hydrogen-bond donors (Lipinski definition) is 0. The number of para-hydroxylation sites is 3. The van der Waals surface area contributed by atoms with Crippen LogP contribution in [0.2, 0.25) is 0 Å². The number of ether oxygens (including phenoxy) is 1. The Balaban J connectivity index is 1.29. The summed E-state index contributed by atoms with van der Waals surface area (Å²) in [4.78, 5) is 5.11. The molecule has 0 aliphatic carbocycles. The molecule has 0 saturated carbocycles. The Hall–Kier alpha value is -5.07. The van der Waals surface area contributed by atoms with E-state index in [1.807, 2.05) is 23.1 Å². The minimum absolute atomic E-state index is 0.964. The smallest absolute Gasteiger partial charge is 0.190 e. The van der Waals surface area contributed by atoms with Gasteiger partial charge in [0.2, 0.25) is 0 Å². The predicted molar refractivity (Wildman–Crippen MR) is 202 cm³/mol. The number of hydrogen-bond acceptors (Lipinski definition) is 4. The molecule has 0 unspecified atom stereocenters. The summed E-state index contributed by atoms with van der Waals surface area (Å²) in [5.41, 5.74) is 3.50. The molecule has 222 valence electrons. The van der Waals surface area contributed by atoms with Crippen LogP contribution in [0.3, 0.4) is 0 Å². The summed E-state index contributed by atoms with van der Waals surface area (Å²) in [5, 5.41) is 8.06. The molecule has 0 saturated heterocycles. The summed E-state index contributed by atoms with van der Waals surface area (Å²) in [6, 6.07) is 60.0. The first-order valence-electron chi connectivity index (χ1n) is 15.8. The maximum Gasteiger partial charge on any atom is 0.190 e. The standard InChI is InChI=1S/C42H27NOS2Si/c1-2-13-28(14-3-1)43(32-17-12-16-31-30-15-4-7-20-35(30)46-42(31)32)29-25-26-37-41(27-29)47(40-24-11-8-21-36(40)45-37)38-22-9-5-18-33(38)44-34-19-6-10-23-39(34)47/h1-27H. The van der Waals surface area contributed by atoms with Crippen molar-refractivity contribution in [3.8, 4) is 11.5 Å². The van der Waals surface area contributed by atoms with E-state index >= 15 is 0 Å². The maximum absolute atomic E-state index is 6.65. The number of nitrogens with zero attached hydrogens (tertiary/aromatic N) is 1. The summed E-state index contributed by atoms with van der Waals surface area (Å²) in [6.45, 7) is 0. The highest BCUT2D eigenvalue weighted by molar-refractivity contribution is 8.00. The van der Waals surface area contributed by atoms with Crippen LogP contribution in [0.15, 0.2) is 174 Å². The number of thiophene rings is 1. The van der Waals surface area contributed by atoms with Gasteiger partial charge in [-0.3, -0.25) is 0 Å². The highest BCUT2D eigenvalue weighted by atomic mass is 32.2. The third-order valence-corrected chi connectivity index (χ3v) is 17.2. The van der Waals surface area contributed by atoms with Gasteiger partial charge in [-0.05, 0) is 81.4 Å². The van der Waals surface area contributed by atoms with Crippen LogP contribution < -0.4 is 30.4 Å². The van der Waals surface area contributed by atoms with Crippen LogP contribution in [0.4, 0.5) is 17.1 Å². The number of rotatable bonds is 3. The molecule has 3 heterocycles. The normalized spacial score (nSPS) is 13.8. The summed E-state index contributed by atoms with van der Waals surface area (Å²) in [6.07, 6.45) is 0. The molecule has 10 rings (SSSR count). The molecule has 0 atom stereocenters. The largest absolute Gasteiger partial charge is 0.458 e. The van der Waals surface area contributed by atoms with Crippen LogP contribution in [0.1, 0.15) is 0 Å². The van der Waals surface area contributed by atoms with Crippen molar-refractivity contribution in [1.29, 1.82) is 0 Å². The van der Waals surface area contributed by atoms with Gasteiger partial charge in [0.25, 0.3) is 0 Å². The molecule has 5 heteroatoms. The van der Waals surface area contributed by atoms with E-state index in [9.17, 15) is 0 Å². The Bertz CT molecular complexity index is 2400. The van der Waals surface area contributed by atoms with Gasteiger partial charge in [-0.15, -0.1) is 11.3 Å². The van der Waals surface area contributed by atoms with E-state index in [0.717, 1.165) is 22.9 Å². The fourth-order valence-corrected chi connectivity index (χ4v) is 16.0. The highest BCUT2D eigenvalue weighted by Crippen LogP contribution is 2.46. The van der Waals surface area contributed by atoms with Crippen LogP contribution >= 0.6 is 23.1 Å². The van der Waals surface area contributed by atoms with Gasteiger partial charge in [0.05, 0.1) is 10.4 Å². The van der Waals surface area contributed by atoms with Gasteiger partial charge in [0.15, 0.2) is 8.07 Å². The quantitative estimate of drug-likeness (QED) is 0.176. The van der Waals surface area contributed by atoms with Crippen molar-refractivity contribution in [3.63, 3.8) is 0 Å². The molecular formula is C42H27NOS2Si. The zero-order valence-corrected chi connectivity index (χ0v) is 27.9. The van der Waals surface area contributed by atoms with Gasteiger partial charge in [-0.1, -0.05) is 115 Å². The summed E-state index contributed by atoms with van der Waals surface area (Å²) in [7, 11) is -2.78. The Labute approximate surface area is 282 Å². The van der Waals surface area contributed by atoms with Gasteiger partial charge >= 0.3 is 0 Å². The Kier molecular flexibility index (Phi) is 6.03. The lowest BCUT2D eigenvalue weighted by Gasteiger charge is -2.43. The molecule has 47 heavy (non-hydrogen) atoms. The molecule has 0 radical (unpaired) electrons. The Morgan fingerprint density at radius 2 is 1.11 bits per heavy atom. The van der Waals surface area contributed by atoms with Crippen molar-refractivity contribution >= 4 is 89.2 Å². The SMILES string of the molecule is c1ccc(N(c2ccc3c(c2)[Si]2(c4ccccc4Oc4ccccc42)c2ccccc2S3)c2cccc3c2sc2ccccc23)cc1. The van der Waals surface area contributed by atoms with Crippen molar-refractivity contribution in [2.75, 3.05) is 4.90 Å². The number of benzene rings is 7. The van der Waals surface area contributed by atoms with Crippen molar-refractivity contribution < 1.29 is 4.74 Å². The van der Waals surface area contributed by atoms with E-state index in [4.69, 9.17) is 4.74 Å². The second-order valence-electron chi connectivity index (χ2n) is 12.0. The Morgan fingerprint density at radius 3 is 1.91 bits per heavy atom. The molecule has 2 nitrogen and oxygen atoms in total. The highest BCUT2D eigenvalue weighted by Gasteiger charge is 2.52. The van der Waals surface area contributed by atoms with Crippen molar-refractivity contribution in [2.45, 2.75) is 9.79 Å². The molecule has 7 aromatic carbocycles. The van der Waals surface area contributed by atoms with Gasteiger partial charge in [0, 0.05) is 36.6 Å². The fraction of sp³-hybridized carbons (Fsp3) is 0. The van der Waals surface area contributed by atoms with E-state index in [-0.39, 0.29) is 0 Å². The molecule has 0 bridgehead atoms. The van der Waals surface area contributed by atoms with Crippen molar-refractivity contribution in [3.05, 3.63) is 164 Å². The second-order valence-corrected chi connectivity index (χ2v) is 17.8. The van der Waals surface area contributed by atoms with Gasteiger partial charge in [-0.25, -0.2) is 0 Å². The third kappa shape index (κ3) is 3.91. The van der Waals surface area contributed by atoms with Gasteiger partial charge in [0.1, 0.15) is 11.5 Å². The summed E-state index contributed by atoms with van der Waals surface area (Å²) >= 11 is 3.77. The molecule has 8 aromatic rings. The van der Waals surface area contributed by atoms with E-state index in [2.05, 4.69) is 169 Å². The van der Waals surface area contributed by atoms with Crippen LogP contribution in [-0.2, 0) is 0 Å². The first-order valence-corrected chi connectivity index (χ1v) is 19.5. The van der Waals surface area contributed by atoms with E-state index in [1.165, 1.54) is 56.4 Å². The lowest BCUT2D eigenvalue weighted by atomic mass is 10.1. The molecule has 0 N–H and O–H groups in total. The molecule has 0 amide bonds. The molecule has 2 aliphatic heterocycles. The van der Waals surface area contributed by atoms with Gasteiger partial charge in [-0.2, -0.15) is 0 Å². The van der Waals surface area contributed by atoms with Crippen molar-refractivity contribution in [2.24, 2.45) is 0 Å². The van der Waals surface area contributed by atoms with Crippen LogP contribution in [0.25, 0.3) is 20.2 Å². The molecule has 1 spiro atoms. The zero-order chi connectivity index (χ0) is 31.0. The van der Waals surface area contributed by atoms with Crippen LogP contribution in [0, 0.1) is 0 Å². The maximum atomic E-state index is 6.65. The molecule has 0 fully saturated rings. The molecular weight excluding hydrogens is 627 g/mol. The van der Waals surface area contributed by atoms with E-state index in [1.54, 1.807) is 0 Å². The zero-order valence-electron chi connectivity index (χ0n) is 25.3. The Morgan fingerprint density at radius 1 is 0.468 bits per heavy atom. The fourth-order valence-electron chi connectivity index (χ4n) is 7.66. The number of anilines is 3.